The van der Waals surface area contributed by atoms with E-state index in [1.807, 2.05) is 18.1 Å². The number of halogens is 1. The Labute approximate surface area is 109 Å². The van der Waals surface area contributed by atoms with Crippen molar-refractivity contribution in [3.63, 3.8) is 0 Å². The molecule has 0 atom stereocenters. The molecule has 1 aromatic heterocycles. The molecular formula is C11H16IN3O. The molecule has 2 rings (SSSR count). The van der Waals surface area contributed by atoms with E-state index in [2.05, 4.69) is 27.7 Å². The van der Waals surface area contributed by atoms with Gasteiger partial charge in [0.1, 0.15) is 0 Å². The Hall–Kier alpha value is -0.590. The predicted octanol–water partition coefficient (Wildman–Crippen LogP) is 2.04. The van der Waals surface area contributed by atoms with Crippen molar-refractivity contribution >= 4 is 28.5 Å². The first kappa shape index (κ1) is 11.9. The van der Waals surface area contributed by atoms with E-state index >= 15 is 0 Å². The lowest BCUT2D eigenvalue weighted by molar-refractivity contribution is 0.0754. The molecule has 4 nitrogen and oxygen atoms in total. The molecule has 1 saturated heterocycles. The smallest absolute Gasteiger partial charge is 0.275 e. The number of hydrogen-bond donors (Lipinski definition) is 0. The van der Waals surface area contributed by atoms with Crippen molar-refractivity contribution in [3.05, 3.63) is 15.5 Å². The van der Waals surface area contributed by atoms with Crippen LogP contribution in [-0.4, -0.2) is 33.7 Å². The largest absolute Gasteiger partial charge is 0.337 e. The van der Waals surface area contributed by atoms with Crippen LogP contribution in [0.5, 0.6) is 0 Å². The summed E-state index contributed by atoms with van der Waals surface area (Å²) in [4.78, 5) is 14.2. The van der Waals surface area contributed by atoms with Crippen LogP contribution in [0.15, 0.2) is 6.20 Å². The Morgan fingerprint density at radius 1 is 1.31 bits per heavy atom. The van der Waals surface area contributed by atoms with Gasteiger partial charge in [0.05, 0.1) is 3.57 Å². The summed E-state index contributed by atoms with van der Waals surface area (Å²) in [5.41, 5.74) is 0.602. The fourth-order valence-corrected chi connectivity index (χ4v) is 2.77. The molecular weight excluding hydrogens is 317 g/mol. The van der Waals surface area contributed by atoms with Crippen LogP contribution in [0.25, 0.3) is 0 Å². The Bertz CT molecular complexity index is 381. The topological polar surface area (TPSA) is 38.1 Å². The summed E-state index contributed by atoms with van der Waals surface area (Å²) in [5.74, 6) is 0.0897. The number of rotatable bonds is 1. The molecule has 1 amide bonds. The van der Waals surface area contributed by atoms with Crippen molar-refractivity contribution in [2.24, 2.45) is 7.05 Å². The van der Waals surface area contributed by atoms with Crippen LogP contribution < -0.4 is 0 Å². The van der Waals surface area contributed by atoms with Crippen molar-refractivity contribution in [1.29, 1.82) is 0 Å². The summed E-state index contributed by atoms with van der Waals surface area (Å²) in [6.07, 6.45) is 6.60. The second-order valence-electron chi connectivity index (χ2n) is 4.21. The zero-order valence-electron chi connectivity index (χ0n) is 9.45. The van der Waals surface area contributed by atoms with Crippen LogP contribution in [0.2, 0.25) is 0 Å². The van der Waals surface area contributed by atoms with Crippen LogP contribution in [0.4, 0.5) is 0 Å². The third kappa shape index (κ3) is 2.56. The highest BCUT2D eigenvalue weighted by molar-refractivity contribution is 14.1. The molecule has 5 heteroatoms. The van der Waals surface area contributed by atoms with Crippen molar-refractivity contribution < 1.29 is 4.79 Å². The predicted molar refractivity (Wildman–Crippen MR) is 70.3 cm³/mol. The van der Waals surface area contributed by atoms with E-state index in [0.717, 1.165) is 29.5 Å². The molecule has 1 aliphatic heterocycles. The molecule has 0 bridgehead atoms. The van der Waals surface area contributed by atoms with Crippen LogP contribution in [0.1, 0.15) is 36.2 Å². The normalized spacial score (nSPS) is 17.2. The quantitative estimate of drug-likeness (QED) is 0.738. The number of aryl methyl sites for hydroxylation is 1. The first-order valence-electron chi connectivity index (χ1n) is 5.67. The van der Waals surface area contributed by atoms with E-state index in [1.54, 1.807) is 4.68 Å². The first-order valence-corrected chi connectivity index (χ1v) is 6.75. The lowest BCUT2D eigenvalue weighted by Crippen LogP contribution is -2.32. The lowest BCUT2D eigenvalue weighted by Gasteiger charge is -2.19. The van der Waals surface area contributed by atoms with Gasteiger partial charge >= 0.3 is 0 Å². The molecule has 0 spiro atoms. The molecule has 1 aliphatic rings. The molecule has 16 heavy (non-hydrogen) atoms. The van der Waals surface area contributed by atoms with Gasteiger partial charge in [0.2, 0.25) is 0 Å². The van der Waals surface area contributed by atoms with Crippen molar-refractivity contribution in [1.82, 2.24) is 14.7 Å². The SMILES string of the molecule is Cn1cc(I)c(C(=O)N2CCCCCC2)n1. The van der Waals surface area contributed by atoms with Gasteiger partial charge in [0.25, 0.3) is 5.91 Å². The van der Waals surface area contributed by atoms with Crippen LogP contribution in [0, 0.1) is 3.57 Å². The van der Waals surface area contributed by atoms with Crippen LogP contribution in [-0.2, 0) is 7.05 Å². The van der Waals surface area contributed by atoms with Gasteiger partial charge in [-0.1, -0.05) is 12.8 Å². The van der Waals surface area contributed by atoms with Gasteiger partial charge in [-0.25, -0.2) is 0 Å². The molecule has 0 aromatic carbocycles. The Morgan fingerprint density at radius 2 is 1.94 bits per heavy atom. The highest BCUT2D eigenvalue weighted by atomic mass is 127. The molecule has 2 heterocycles. The standard InChI is InChI=1S/C11H16IN3O/c1-14-8-9(12)10(13-14)11(16)15-6-4-2-3-5-7-15/h8H,2-7H2,1H3. The number of carbonyl (C=O) groups is 1. The molecule has 0 aliphatic carbocycles. The van der Waals surface area contributed by atoms with E-state index in [0.29, 0.717) is 5.69 Å². The highest BCUT2D eigenvalue weighted by Gasteiger charge is 2.21. The lowest BCUT2D eigenvalue weighted by atomic mass is 10.2. The molecule has 0 saturated carbocycles. The van der Waals surface area contributed by atoms with E-state index in [4.69, 9.17) is 0 Å². The van der Waals surface area contributed by atoms with E-state index in [1.165, 1.54) is 12.8 Å². The first-order chi connectivity index (χ1) is 7.68. The van der Waals surface area contributed by atoms with Gasteiger partial charge in [0, 0.05) is 26.3 Å². The minimum absolute atomic E-state index is 0.0897. The number of aromatic nitrogens is 2. The van der Waals surface area contributed by atoms with Gasteiger partial charge in [-0.05, 0) is 35.4 Å². The number of nitrogens with zero attached hydrogens (tertiary/aromatic N) is 3. The minimum Gasteiger partial charge on any atom is -0.337 e. The summed E-state index contributed by atoms with van der Waals surface area (Å²) >= 11 is 2.17. The maximum Gasteiger partial charge on any atom is 0.275 e. The summed E-state index contributed by atoms with van der Waals surface area (Å²) in [5, 5.41) is 4.23. The Morgan fingerprint density at radius 3 is 2.44 bits per heavy atom. The minimum atomic E-state index is 0.0897. The fraction of sp³-hybridized carbons (Fsp3) is 0.636. The summed E-state index contributed by atoms with van der Waals surface area (Å²) < 4.78 is 2.64. The number of likely N-dealkylation sites (tertiary alicyclic amines) is 1. The zero-order valence-corrected chi connectivity index (χ0v) is 11.6. The van der Waals surface area contributed by atoms with Crippen molar-refractivity contribution in [2.75, 3.05) is 13.1 Å². The Kier molecular flexibility index (Phi) is 3.83. The summed E-state index contributed by atoms with van der Waals surface area (Å²) in [6.45, 7) is 1.76. The van der Waals surface area contributed by atoms with Crippen LogP contribution in [0.3, 0.4) is 0 Å². The van der Waals surface area contributed by atoms with Crippen molar-refractivity contribution in [2.45, 2.75) is 25.7 Å². The average Bonchev–Trinajstić information content (AvgIpc) is 2.49. The fourth-order valence-electron chi connectivity index (χ4n) is 2.03. The average molecular weight is 333 g/mol. The van der Waals surface area contributed by atoms with Gasteiger partial charge in [-0.15, -0.1) is 0 Å². The monoisotopic (exact) mass is 333 g/mol. The highest BCUT2D eigenvalue weighted by Crippen LogP contribution is 2.16. The maximum absolute atomic E-state index is 12.2. The third-order valence-electron chi connectivity index (χ3n) is 2.88. The van der Waals surface area contributed by atoms with Crippen molar-refractivity contribution in [3.8, 4) is 0 Å². The molecule has 1 aromatic rings. The summed E-state index contributed by atoms with van der Waals surface area (Å²) in [7, 11) is 1.85. The maximum atomic E-state index is 12.2. The third-order valence-corrected chi connectivity index (χ3v) is 3.67. The summed E-state index contributed by atoms with van der Waals surface area (Å²) in [6, 6.07) is 0. The molecule has 1 fully saturated rings. The van der Waals surface area contributed by atoms with Gasteiger partial charge < -0.3 is 4.90 Å². The van der Waals surface area contributed by atoms with E-state index in [-0.39, 0.29) is 5.91 Å². The van der Waals surface area contributed by atoms with Gasteiger partial charge in [0.15, 0.2) is 5.69 Å². The van der Waals surface area contributed by atoms with Gasteiger partial charge in [-0.2, -0.15) is 5.10 Å². The number of amides is 1. The van der Waals surface area contributed by atoms with E-state index in [9.17, 15) is 4.79 Å². The number of carbonyl (C=O) groups excluding carboxylic acids is 1. The van der Waals surface area contributed by atoms with Crippen LogP contribution >= 0.6 is 22.6 Å². The van der Waals surface area contributed by atoms with Gasteiger partial charge in [-0.3, -0.25) is 9.48 Å². The van der Waals surface area contributed by atoms with E-state index < -0.39 is 0 Å². The second kappa shape index (κ2) is 5.16. The second-order valence-corrected chi connectivity index (χ2v) is 5.37. The zero-order chi connectivity index (χ0) is 11.5. The molecule has 0 radical (unpaired) electrons. The number of hydrogen-bond acceptors (Lipinski definition) is 2. The molecule has 0 N–H and O–H groups in total. The Balaban J connectivity index is 2.14. The molecule has 0 unspecified atom stereocenters. The molecule has 88 valence electrons.